The van der Waals surface area contributed by atoms with Gasteiger partial charge >= 0.3 is 5.97 Å². The third kappa shape index (κ3) is 2.50. The highest BCUT2D eigenvalue weighted by Crippen LogP contribution is 2.32. The van der Waals surface area contributed by atoms with E-state index in [1.54, 1.807) is 19.2 Å². The number of carboxylic acids is 1. The Morgan fingerprint density at radius 2 is 1.75 bits per heavy atom. The van der Waals surface area contributed by atoms with E-state index in [2.05, 4.69) is 0 Å². The van der Waals surface area contributed by atoms with Gasteiger partial charge in [-0.3, -0.25) is 0 Å². The number of aryl methyl sites for hydroxylation is 2. The van der Waals surface area contributed by atoms with Crippen LogP contribution in [-0.4, -0.2) is 18.2 Å². The van der Waals surface area contributed by atoms with Crippen LogP contribution in [0.3, 0.4) is 0 Å². The van der Waals surface area contributed by atoms with Crippen LogP contribution in [0, 0.1) is 19.7 Å². The zero-order chi connectivity index (χ0) is 14.9. The fourth-order valence-corrected chi connectivity index (χ4v) is 2.37. The van der Waals surface area contributed by atoms with Crippen molar-refractivity contribution in [3.63, 3.8) is 0 Å². The number of carboxylic acid groups (broad SMARTS) is 1. The van der Waals surface area contributed by atoms with E-state index in [9.17, 15) is 14.3 Å². The fourth-order valence-electron chi connectivity index (χ4n) is 2.37. The molecule has 0 atom stereocenters. The van der Waals surface area contributed by atoms with Crippen LogP contribution in [-0.2, 0) is 0 Å². The molecular weight excluding hydrogens is 259 g/mol. The average Bonchev–Trinajstić information content (AvgIpc) is 2.37. The minimum atomic E-state index is -1.08. The molecule has 0 amide bonds. The van der Waals surface area contributed by atoms with Gasteiger partial charge in [-0.25, -0.2) is 9.18 Å². The molecular formula is C16H15FO3. The number of ether oxygens (including phenoxy) is 1. The third-order valence-corrected chi connectivity index (χ3v) is 3.19. The van der Waals surface area contributed by atoms with Gasteiger partial charge in [-0.2, -0.15) is 0 Å². The van der Waals surface area contributed by atoms with Gasteiger partial charge in [0.05, 0.1) is 12.7 Å². The Balaban J connectivity index is 2.68. The molecule has 20 heavy (non-hydrogen) atoms. The molecule has 0 aliphatic heterocycles. The molecule has 0 radical (unpaired) electrons. The van der Waals surface area contributed by atoms with Crippen molar-refractivity contribution in [3.05, 3.63) is 52.8 Å². The summed E-state index contributed by atoms with van der Waals surface area (Å²) in [5.41, 5.74) is 2.87. The van der Waals surface area contributed by atoms with Crippen molar-refractivity contribution < 1.29 is 19.0 Å². The molecule has 2 rings (SSSR count). The lowest BCUT2D eigenvalue weighted by atomic mass is 9.96. The van der Waals surface area contributed by atoms with Crippen molar-refractivity contribution >= 4 is 5.97 Å². The molecule has 3 nitrogen and oxygen atoms in total. The maximum absolute atomic E-state index is 13.4. The number of rotatable bonds is 3. The first kappa shape index (κ1) is 14.1. The molecule has 0 saturated carbocycles. The first-order valence-corrected chi connectivity index (χ1v) is 6.12. The largest absolute Gasteiger partial charge is 0.496 e. The van der Waals surface area contributed by atoms with Crippen LogP contribution in [0.15, 0.2) is 30.3 Å². The average molecular weight is 274 g/mol. The lowest BCUT2D eigenvalue weighted by Crippen LogP contribution is -2.01. The van der Waals surface area contributed by atoms with Crippen molar-refractivity contribution in [1.82, 2.24) is 0 Å². The summed E-state index contributed by atoms with van der Waals surface area (Å²) in [5.74, 6) is -0.788. The number of benzene rings is 2. The summed E-state index contributed by atoms with van der Waals surface area (Å²) in [6.07, 6.45) is 0. The monoisotopic (exact) mass is 274 g/mol. The summed E-state index contributed by atoms with van der Waals surface area (Å²) in [5, 5.41) is 9.21. The van der Waals surface area contributed by atoms with Gasteiger partial charge in [-0.1, -0.05) is 0 Å². The second-order valence-electron chi connectivity index (χ2n) is 4.64. The first-order chi connectivity index (χ1) is 9.43. The Hall–Kier alpha value is -2.36. The molecule has 0 fully saturated rings. The van der Waals surface area contributed by atoms with Gasteiger partial charge in [-0.05, 0) is 66.4 Å². The van der Waals surface area contributed by atoms with Crippen molar-refractivity contribution in [2.75, 3.05) is 7.11 Å². The lowest BCUT2D eigenvalue weighted by molar-refractivity contribution is 0.0697. The van der Waals surface area contributed by atoms with Gasteiger partial charge in [0.25, 0.3) is 0 Å². The summed E-state index contributed by atoms with van der Waals surface area (Å²) in [7, 11) is 1.58. The summed E-state index contributed by atoms with van der Waals surface area (Å²) < 4.78 is 18.7. The molecule has 0 unspecified atom stereocenters. The van der Waals surface area contributed by atoms with Gasteiger partial charge in [0.15, 0.2) is 0 Å². The SMILES string of the molecule is COc1c(C)cc(-c2cc(F)ccc2C(=O)O)cc1C. The molecule has 1 N–H and O–H groups in total. The van der Waals surface area contributed by atoms with Gasteiger partial charge in [0, 0.05) is 0 Å². The fraction of sp³-hybridized carbons (Fsp3) is 0.188. The van der Waals surface area contributed by atoms with E-state index in [-0.39, 0.29) is 5.56 Å². The van der Waals surface area contributed by atoms with E-state index in [1.807, 2.05) is 13.8 Å². The third-order valence-electron chi connectivity index (χ3n) is 3.19. The van der Waals surface area contributed by atoms with Crippen molar-refractivity contribution in [1.29, 1.82) is 0 Å². The zero-order valence-corrected chi connectivity index (χ0v) is 11.5. The predicted octanol–water partition coefficient (Wildman–Crippen LogP) is 3.82. The number of hydrogen-bond donors (Lipinski definition) is 1. The molecule has 0 bridgehead atoms. The smallest absolute Gasteiger partial charge is 0.336 e. The Morgan fingerprint density at radius 1 is 1.15 bits per heavy atom. The van der Waals surface area contributed by atoms with E-state index in [0.29, 0.717) is 11.1 Å². The van der Waals surface area contributed by atoms with Crippen molar-refractivity contribution in [2.24, 2.45) is 0 Å². The van der Waals surface area contributed by atoms with Crippen molar-refractivity contribution in [3.8, 4) is 16.9 Å². The highest BCUT2D eigenvalue weighted by molar-refractivity contribution is 5.96. The van der Waals surface area contributed by atoms with Crippen LogP contribution in [0.2, 0.25) is 0 Å². The second kappa shape index (κ2) is 5.33. The molecule has 0 aromatic heterocycles. The summed E-state index contributed by atoms with van der Waals surface area (Å²) in [4.78, 5) is 11.3. The minimum absolute atomic E-state index is 0.0790. The maximum Gasteiger partial charge on any atom is 0.336 e. The topological polar surface area (TPSA) is 46.5 Å². The minimum Gasteiger partial charge on any atom is -0.496 e. The van der Waals surface area contributed by atoms with E-state index in [4.69, 9.17) is 4.74 Å². The van der Waals surface area contributed by atoms with E-state index in [0.717, 1.165) is 22.9 Å². The molecule has 0 aliphatic rings. The van der Waals surface area contributed by atoms with Gasteiger partial charge in [0.2, 0.25) is 0 Å². The van der Waals surface area contributed by atoms with Crippen LogP contribution >= 0.6 is 0 Å². The Bertz CT molecular complexity index is 654. The van der Waals surface area contributed by atoms with E-state index < -0.39 is 11.8 Å². The molecule has 2 aromatic rings. The first-order valence-electron chi connectivity index (χ1n) is 6.12. The molecule has 0 spiro atoms. The maximum atomic E-state index is 13.4. The number of carbonyl (C=O) groups is 1. The molecule has 0 heterocycles. The second-order valence-corrected chi connectivity index (χ2v) is 4.64. The van der Waals surface area contributed by atoms with Crippen molar-refractivity contribution in [2.45, 2.75) is 13.8 Å². The Morgan fingerprint density at radius 3 is 2.25 bits per heavy atom. The van der Waals surface area contributed by atoms with Gasteiger partial charge < -0.3 is 9.84 Å². The standard InChI is InChI=1S/C16H15FO3/c1-9-6-11(7-10(2)15(9)20-3)14-8-12(17)4-5-13(14)16(18)19/h4-8H,1-3H3,(H,18,19). The highest BCUT2D eigenvalue weighted by atomic mass is 19.1. The normalized spacial score (nSPS) is 10.4. The molecule has 104 valence electrons. The molecule has 2 aromatic carbocycles. The molecule has 4 heteroatoms. The summed E-state index contributed by atoms with van der Waals surface area (Å²) in [6.45, 7) is 3.74. The predicted molar refractivity (Wildman–Crippen MR) is 74.8 cm³/mol. The number of halogens is 1. The summed E-state index contributed by atoms with van der Waals surface area (Å²) >= 11 is 0. The Labute approximate surface area is 116 Å². The number of methoxy groups -OCH3 is 1. The van der Waals surface area contributed by atoms with Crippen LogP contribution < -0.4 is 4.74 Å². The van der Waals surface area contributed by atoms with E-state index in [1.165, 1.54) is 12.1 Å². The van der Waals surface area contributed by atoms with Crippen LogP contribution in [0.4, 0.5) is 4.39 Å². The summed E-state index contributed by atoms with van der Waals surface area (Å²) in [6, 6.07) is 7.27. The number of hydrogen-bond acceptors (Lipinski definition) is 2. The molecule has 0 saturated heterocycles. The quantitative estimate of drug-likeness (QED) is 0.925. The van der Waals surface area contributed by atoms with Crippen LogP contribution in [0.25, 0.3) is 11.1 Å². The van der Waals surface area contributed by atoms with Gasteiger partial charge in [-0.15, -0.1) is 0 Å². The van der Waals surface area contributed by atoms with E-state index >= 15 is 0 Å². The molecule has 0 aliphatic carbocycles. The van der Waals surface area contributed by atoms with Crippen LogP contribution in [0.1, 0.15) is 21.5 Å². The van der Waals surface area contributed by atoms with Crippen LogP contribution in [0.5, 0.6) is 5.75 Å². The Kier molecular flexibility index (Phi) is 3.74. The zero-order valence-electron chi connectivity index (χ0n) is 11.5. The van der Waals surface area contributed by atoms with Gasteiger partial charge in [0.1, 0.15) is 11.6 Å². The lowest BCUT2D eigenvalue weighted by Gasteiger charge is -2.13. The number of aromatic carboxylic acids is 1. The highest BCUT2D eigenvalue weighted by Gasteiger charge is 2.15.